The van der Waals surface area contributed by atoms with Gasteiger partial charge in [-0.15, -0.1) is 0 Å². The van der Waals surface area contributed by atoms with E-state index in [1.807, 2.05) is 0 Å². The maximum absolute atomic E-state index is 9.83. The molecule has 0 aromatic heterocycles. The Bertz CT molecular complexity index is 123. The predicted octanol–water partition coefficient (Wildman–Crippen LogP) is -2.65. The predicted molar refractivity (Wildman–Crippen MR) is 27.6 cm³/mol. The molecular formula is C4H7KO3S. The van der Waals surface area contributed by atoms with Crippen LogP contribution in [0.1, 0.15) is 19.8 Å². The molecule has 0 aromatic carbocycles. The Morgan fingerprint density at radius 3 is 2.22 bits per heavy atom. The second-order valence-electron chi connectivity index (χ2n) is 2.24. The van der Waals surface area contributed by atoms with Gasteiger partial charge in [-0.1, -0.05) is 0 Å². The summed E-state index contributed by atoms with van der Waals surface area (Å²) >= 11 is -2.32. The SMILES string of the molecule is CC1(OS(=O)[O-])CC1.[K+]. The first-order chi connectivity index (χ1) is 3.62. The van der Waals surface area contributed by atoms with E-state index in [2.05, 4.69) is 4.18 Å². The van der Waals surface area contributed by atoms with E-state index in [9.17, 15) is 8.76 Å². The number of hydrogen-bond acceptors (Lipinski definition) is 3. The molecule has 5 heteroatoms. The maximum Gasteiger partial charge on any atom is 1.00 e. The normalized spacial score (nSPS) is 24.2. The van der Waals surface area contributed by atoms with Crippen LogP contribution in [0.2, 0.25) is 0 Å². The van der Waals surface area contributed by atoms with Crippen molar-refractivity contribution >= 4 is 11.4 Å². The molecule has 3 nitrogen and oxygen atoms in total. The van der Waals surface area contributed by atoms with Crippen molar-refractivity contribution in [3.8, 4) is 0 Å². The van der Waals surface area contributed by atoms with E-state index in [0.717, 1.165) is 12.8 Å². The van der Waals surface area contributed by atoms with Crippen LogP contribution in [0.3, 0.4) is 0 Å². The molecule has 1 rings (SSSR count). The minimum absolute atomic E-state index is 0. The van der Waals surface area contributed by atoms with E-state index in [1.54, 1.807) is 6.92 Å². The zero-order valence-corrected chi connectivity index (χ0v) is 9.49. The summed E-state index contributed by atoms with van der Waals surface area (Å²) in [6, 6.07) is 0. The molecule has 0 aromatic rings. The smallest absolute Gasteiger partial charge is 0.750 e. The molecule has 1 aliphatic rings. The molecule has 1 aliphatic carbocycles. The van der Waals surface area contributed by atoms with E-state index in [0.29, 0.717) is 0 Å². The molecule has 1 saturated carbocycles. The summed E-state index contributed by atoms with van der Waals surface area (Å²) < 4.78 is 24.1. The molecule has 0 heterocycles. The molecule has 0 saturated heterocycles. The molecule has 9 heavy (non-hydrogen) atoms. The summed E-state index contributed by atoms with van der Waals surface area (Å²) in [4.78, 5) is 0. The topological polar surface area (TPSA) is 49.4 Å². The van der Waals surface area contributed by atoms with Crippen LogP contribution in [-0.4, -0.2) is 14.4 Å². The Kier molecular flexibility index (Phi) is 4.66. The van der Waals surface area contributed by atoms with Gasteiger partial charge in [0, 0.05) is 0 Å². The summed E-state index contributed by atoms with van der Waals surface area (Å²) in [5.41, 5.74) is -0.341. The van der Waals surface area contributed by atoms with E-state index >= 15 is 0 Å². The van der Waals surface area contributed by atoms with E-state index in [1.165, 1.54) is 0 Å². The minimum Gasteiger partial charge on any atom is -0.750 e. The van der Waals surface area contributed by atoms with Gasteiger partial charge in [0.15, 0.2) is 0 Å². The monoisotopic (exact) mass is 174 g/mol. The van der Waals surface area contributed by atoms with Crippen LogP contribution in [-0.2, 0) is 15.5 Å². The summed E-state index contributed by atoms with van der Waals surface area (Å²) in [5, 5.41) is 0. The molecule has 0 aliphatic heterocycles. The third-order valence-corrected chi connectivity index (χ3v) is 1.76. The van der Waals surface area contributed by atoms with Gasteiger partial charge in [0.05, 0.1) is 17.0 Å². The van der Waals surface area contributed by atoms with E-state index in [4.69, 9.17) is 0 Å². The zero-order chi connectivity index (χ0) is 6.20. The van der Waals surface area contributed by atoms with Gasteiger partial charge in [-0.2, -0.15) is 0 Å². The Balaban J connectivity index is 0.000000640. The second-order valence-corrected chi connectivity index (χ2v) is 2.81. The summed E-state index contributed by atoms with van der Waals surface area (Å²) in [6.45, 7) is 1.78. The van der Waals surface area contributed by atoms with Crippen molar-refractivity contribution < 1.29 is 64.3 Å². The minimum atomic E-state index is -2.32. The summed E-state index contributed by atoms with van der Waals surface area (Å²) in [6.07, 6.45) is 1.72. The van der Waals surface area contributed by atoms with Crippen LogP contribution in [0.5, 0.6) is 0 Å². The molecule has 0 radical (unpaired) electrons. The van der Waals surface area contributed by atoms with Crippen molar-refractivity contribution in [1.82, 2.24) is 0 Å². The Morgan fingerprint density at radius 2 is 2.11 bits per heavy atom. The van der Waals surface area contributed by atoms with Gasteiger partial charge in [-0.05, 0) is 19.8 Å². The van der Waals surface area contributed by atoms with E-state index < -0.39 is 11.4 Å². The molecule has 1 unspecified atom stereocenters. The number of rotatable bonds is 2. The fourth-order valence-corrected chi connectivity index (χ4v) is 0.919. The van der Waals surface area contributed by atoms with Crippen molar-refractivity contribution in [3.63, 3.8) is 0 Å². The zero-order valence-electron chi connectivity index (χ0n) is 5.55. The van der Waals surface area contributed by atoms with Crippen molar-refractivity contribution in [3.05, 3.63) is 0 Å². The fraction of sp³-hybridized carbons (Fsp3) is 1.00. The molecule has 1 fully saturated rings. The molecule has 0 spiro atoms. The Labute approximate surface area is 99.5 Å². The van der Waals surface area contributed by atoms with Gasteiger partial charge < -0.3 is 4.55 Å². The van der Waals surface area contributed by atoms with E-state index in [-0.39, 0.29) is 57.0 Å². The molecule has 48 valence electrons. The first kappa shape index (κ1) is 10.7. The van der Waals surface area contributed by atoms with Crippen LogP contribution < -0.4 is 51.4 Å². The molecule has 1 atom stereocenters. The van der Waals surface area contributed by atoms with Crippen LogP contribution in [0.25, 0.3) is 0 Å². The van der Waals surface area contributed by atoms with Crippen LogP contribution in [0.15, 0.2) is 0 Å². The van der Waals surface area contributed by atoms with Gasteiger partial charge in [0.2, 0.25) is 0 Å². The first-order valence-electron chi connectivity index (χ1n) is 2.41. The fourth-order valence-electron chi connectivity index (χ4n) is 0.424. The Hall–Kier alpha value is 1.71. The van der Waals surface area contributed by atoms with Gasteiger partial charge >= 0.3 is 51.4 Å². The summed E-state index contributed by atoms with van der Waals surface area (Å²) in [7, 11) is 0. The standard InChI is InChI=1S/C4H8O3S.K/c1-4(2-3-4)7-8(5)6;/h2-3H2,1H3,(H,5,6);/q;+1/p-1. The molecule has 0 N–H and O–H groups in total. The van der Waals surface area contributed by atoms with Crippen molar-refractivity contribution in [2.45, 2.75) is 25.4 Å². The quantitative estimate of drug-likeness (QED) is 0.339. The molecule has 0 amide bonds. The van der Waals surface area contributed by atoms with Gasteiger partial charge in [0.25, 0.3) is 0 Å². The summed E-state index contributed by atoms with van der Waals surface area (Å²) in [5.74, 6) is 0. The molecule has 0 bridgehead atoms. The second kappa shape index (κ2) is 3.92. The average molecular weight is 174 g/mol. The van der Waals surface area contributed by atoms with Gasteiger partial charge in [0.1, 0.15) is 0 Å². The van der Waals surface area contributed by atoms with Crippen molar-refractivity contribution in [2.75, 3.05) is 0 Å². The largest absolute Gasteiger partial charge is 1.00 e. The van der Waals surface area contributed by atoms with Crippen LogP contribution >= 0.6 is 0 Å². The number of hydrogen-bond donors (Lipinski definition) is 0. The van der Waals surface area contributed by atoms with Crippen molar-refractivity contribution in [2.24, 2.45) is 0 Å². The van der Waals surface area contributed by atoms with Crippen LogP contribution in [0, 0.1) is 0 Å². The van der Waals surface area contributed by atoms with Crippen LogP contribution in [0.4, 0.5) is 0 Å². The molecular weight excluding hydrogens is 167 g/mol. The van der Waals surface area contributed by atoms with Crippen molar-refractivity contribution in [1.29, 1.82) is 0 Å². The third kappa shape index (κ3) is 4.21. The first-order valence-corrected chi connectivity index (χ1v) is 3.41. The van der Waals surface area contributed by atoms with Gasteiger partial charge in [-0.25, -0.2) is 4.21 Å². The maximum atomic E-state index is 9.83. The van der Waals surface area contributed by atoms with Gasteiger partial charge in [-0.3, -0.25) is 4.18 Å². The Morgan fingerprint density at radius 1 is 1.67 bits per heavy atom. The average Bonchev–Trinajstić information content (AvgIpc) is 2.17. The third-order valence-electron chi connectivity index (χ3n) is 1.22.